The lowest BCUT2D eigenvalue weighted by molar-refractivity contribution is 0.0522. The van der Waals surface area contributed by atoms with E-state index in [-0.39, 0.29) is 10.8 Å². The fraction of sp³-hybridized carbons (Fsp3) is 0.455. The van der Waals surface area contributed by atoms with Gasteiger partial charge in [0.15, 0.2) is 0 Å². The molecular formula is C22H27NO2S. The van der Waals surface area contributed by atoms with Crippen LogP contribution in [0, 0.1) is 0 Å². The molecule has 0 amide bonds. The molecule has 0 spiro atoms. The smallest absolute Gasteiger partial charge is 0.312 e. The topological polar surface area (TPSA) is 38.7 Å². The Labute approximate surface area is 160 Å². The molecule has 3 rings (SSSR count). The van der Waals surface area contributed by atoms with Gasteiger partial charge in [0.05, 0.1) is 5.71 Å². The van der Waals surface area contributed by atoms with Crippen LogP contribution < -0.4 is 0 Å². The number of carbonyl (C=O) groups is 1. The predicted molar refractivity (Wildman–Crippen MR) is 108 cm³/mol. The summed E-state index contributed by atoms with van der Waals surface area (Å²) in [7, 11) is 0. The van der Waals surface area contributed by atoms with Gasteiger partial charge in [0, 0.05) is 5.56 Å². The minimum atomic E-state index is -0.400. The minimum Gasteiger partial charge on any atom is -0.312 e. The molecule has 26 heavy (non-hydrogen) atoms. The van der Waals surface area contributed by atoms with Crippen LogP contribution in [0.4, 0.5) is 0 Å². The zero-order valence-electron chi connectivity index (χ0n) is 16.5. The van der Waals surface area contributed by atoms with E-state index >= 15 is 0 Å². The van der Waals surface area contributed by atoms with Crippen LogP contribution in [0.5, 0.6) is 0 Å². The predicted octanol–water partition coefficient (Wildman–Crippen LogP) is 5.85. The summed E-state index contributed by atoms with van der Waals surface area (Å²) in [5, 5.41) is 6.03. The maximum absolute atomic E-state index is 12.1. The molecule has 1 aliphatic carbocycles. The van der Waals surface area contributed by atoms with Gasteiger partial charge < -0.3 is 4.84 Å². The monoisotopic (exact) mass is 369 g/mol. The van der Waals surface area contributed by atoms with Crippen molar-refractivity contribution in [3.63, 3.8) is 0 Å². The molecule has 0 atom stereocenters. The van der Waals surface area contributed by atoms with Crippen LogP contribution in [0.2, 0.25) is 0 Å². The molecule has 1 heterocycles. The Balaban J connectivity index is 2.00. The number of carbonyl (C=O) groups excluding carboxylic acids is 1. The number of fused-ring (bicyclic) bond motifs is 1. The first-order valence-electron chi connectivity index (χ1n) is 9.07. The van der Waals surface area contributed by atoms with E-state index in [1.807, 2.05) is 18.4 Å². The van der Waals surface area contributed by atoms with E-state index < -0.39 is 5.97 Å². The van der Waals surface area contributed by atoms with Crippen LogP contribution in [0.25, 0.3) is 0 Å². The third-order valence-corrected chi connectivity index (χ3v) is 6.07. The van der Waals surface area contributed by atoms with Gasteiger partial charge in [0.2, 0.25) is 0 Å². The van der Waals surface area contributed by atoms with E-state index in [1.165, 1.54) is 28.0 Å². The molecule has 4 heteroatoms. The maximum Gasteiger partial charge on any atom is 0.375 e. The lowest BCUT2D eigenvalue weighted by Gasteiger charge is -2.26. The van der Waals surface area contributed by atoms with Gasteiger partial charge >= 0.3 is 5.97 Å². The molecule has 1 aliphatic rings. The molecular weight excluding hydrogens is 342 g/mol. The summed E-state index contributed by atoms with van der Waals surface area (Å²) in [5.41, 5.74) is 6.12. The highest BCUT2D eigenvalue weighted by atomic mass is 32.1. The highest BCUT2D eigenvalue weighted by molar-refractivity contribution is 7.11. The Hall–Kier alpha value is -1.94. The SMILES string of the molecule is CC(=NOC(=O)c1cccs1)c1cc(C(C)(C)C)cc2c1CCC2(C)C. The van der Waals surface area contributed by atoms with Crippen LogP contribution in [0.3, 0.4) is 0 Å². The normalized spacial score (nSPS) is 16.5. The molecule has 0 saturated heterocycles. The zero-order valence-corrected chi connectivity index (χ0v) is 17.3. The Morgan fingerprint density at radius 2 is 2.00 bits per heavy atom. The van der Waals surface area contributed by atoms with Gasteiger partial charge in [-0.3, -0.25) is 0 Å². The van der Waals surface area contributed by atoms with E-state index in [0.717, 1.165) is 24.1 Å². The Morgan fingerprint density at radius 1 is 1.27 bits per heavy atom. The second-order valence-electron chi connectivity index (χ2n) is 8.72. The number of rotatable bonds is 3. The summed E-state index contributed by atoms with van der Waals surface area (Å²) in [4.78, 5) is 17.9. The highest BCUT2D eigenvalue weighted by Gasteiger charge is 2.33. The van der Waals surface area contributed by atoms with E-state index in [4.69, 9.17) is 4.84 Å². The van der Waals surface area contributed by atoms with Gasteiger partial charge in [-0.05, 0) is 64.8 Å². The lowest BCUT2D eigenvalue weighted by Crippen LogP contribution is -2.18. The van der Waals surface area contributed by atoms with Gasteiger partial charge in [0.1, 0.15) is 4.88 Å². The molecule has 138 valence electrons. The summed E-state index contributed by atoms with van der Waals surface area (Å²) in [5.74, 6) is -0.400. The number of hydrogen-bond donors (Lipinski definition) is 0. The lowest BCUT2D eigenvalue weighted by atomic mass is 9.79. The molecule has 0 radical (unpaired) electrons. The van der Waals surface area contributed by atoms with Crippen LogP contribution >= 0.6 is 11.3 Å². The largest absolute Gasteiger partial charge is 0.375 e. The highest BCUT2D eigenvalue weighted by Crippen LogP contribution is 2.42. The first kappa shape index (κ1) is 18.8. The summed E-state index contributed by atoms with van der Waals surface area (Å²) >= 11 is 1.36. The number of benzene rings is 1. The van der Waals surface area contributed by atoms with E-state index in [1.54, 1.807) is 6.07 Å². The molecule has 1 aromatic heterocycles. The molecule has 3 nitrogen and oxygen atoms in total. The molecule has 0 bridgehead atoms. The molecule has 0 saturated carbocycles. The average molecular weight is 370 g/mol. The molecule has 0 aliphatic heterocycles. The number of thiophene rings is 1. The van der Waals surface area contributed by atoms with Gasteiger partial charge in [-0.25, -0.2) is 4.79 Å². The van der Waals surface area contributed by atoms with Crippen molar-refractivity contribution in [1.82, 2.24) is 0 Å². The fourth-order valence-corrected chi connectivity index (χ4v) is 4.07. The quantitative estimate of drug-likeness (QED) is 0.387. The third kappa shape index (κ3) is 3.61. The standard InChI is InChI=1S/C22H27NO2S/c1-14(23-25-20(24)19-8-7-11-26-19)17-12-15(21(2,3)4)13-18-16(17)9-10-22(18,5)6/h7-8,11-13H,9-10H2,1-6H3. The first-order valence-corrected chi connectivity index (χ1v) is 9.95. The number of hydrogen-bond acceptors (Lipinski definition) is 4. The van der Waals surface area contributed by atoms with Gasteiger partial charge in [0.25, 0.3) is 0 Å². The first-order chi connectivity index (χ1) is 12.1. The van der Waals surface area contributed by atoms with Crippen LogP contribution in [0.15, 0.2) is 34.8 Å². The van der Waals surface area contributed by atoms with Crippen LogP contribution in [0.1, 0.15) is 79.9 Å². The average Bonchev–Trinajstić information content (AvgIpc) is 3.19. The van der Waals surface area contributed by atoms with E-state index in [0.29, 0.717) is 4.88 Å². The molecule has 2 aromatic rings. The summed E-state index contributed by atoms with van der Waals surface area (Å²) in [6.45, 7) is 13.2. The Bertz CT molecular complexity index is 855. The maximum atomic E-state index is 12.1. The minimum absolute atomic E-state index is 0.0520. The van der Waals surface area contributed by atoms with Gasteiger partial charge in [-0.1, -0.05) is 51.9 Å². The zero-order chi connectivity index (χ0) is 19.1. The second-order valence-corrected chi connectivity index (χ2v) is 9.66. The molecule has 1 aromatic carbocycles. The molecule has 0 unspecified atom stereocenters. The van der Waals surface area contributed by atoms with E-state index in [9.17, 15) is 4.79 Å². The van der Waals surface area contributed by atoms with Crippen molar-refractivity contribution >= 4 is 23.0 Å². The second kappa shape index (κ2) is 6.66. The third-order valence-electron chi connectivity index (χ3n) is 5.22. The van der Waals surface area contributed by atoms with Crippen molar-refractivity contribution in [3.05, 3.63) is 56.8 Å². The van der Waals surface area contributed by atoms with Crippen molar-refractivity contribution in [2.45, 2.75) is 65.2 Å². The summed E-state index contributed by atoms with van der Waals surface area (Å²) in [6.07, 6.45) is 2.17. The molecule has 0 N–H and O–H groups in total. The number of nitrogens with zero attached hydrogens (tertiary/aromatic N) is 1. The van der Waals surface area contributed by atoms with Crippen LogP contribution in [-0.2, 0) is 22.1 Å². The molecule has 0 fully saturated rings. The van der Waals surface area contributed by atoms with Crippen molar-refractivity contribution in [2.75, 3.05) is 0 Å². The van der Waals surface area contributed by atoms with Gasteiger partial charge in [-0.2, -0.15) is 0 Å². The Morgan fingerprint density at radius 3 is 2.62 bits per heavy atom. The van der Waals surface area contributed by atoms with Crippen molar-refractivity contribution in [1.29, 1.82) is 0 Å². The van der Waals surface area contributed by atoms with E-state index in [2.05, 4.69) is 51.9 Å². The van der Waals surface area contributed by atoms with Gasteiger partial charge in [-0.15, -0.1) is 11.3 Å². The fourth-order valence-electron chi connectivity index (χ4n) is 3.47. The summed E-state index contributed by atoms with van der Waals surface area (Å²) < 4.78 is 0. The van der Waals surface area contributed by atoms with Crippen molar-refractivity contribution in [3.8, 4) is 0 Å². The Kier molecular flexibility index (Phi) is 4.82. The van der Waals surface area contributed by atoms with Crippen LogP contribution in [-0.4, -0.2) is 11.7 Å². The van der Waals surface area contributed by atoms with Crippen molar-refractivity contribution in [2.24, 2.45) is 5.16 Å². The van der Waals surface area contributed by atoms with Crippen molar-refractivity contribution < 1.29 is 9.63 Å². The summed E-state index contributed by atoms with van der Waals surface area (Å²) in [6, 6.07) is 8.16. The number of oxime groups is 1.